The normalized spacial score (nSPS) is 15.2. The Kier molecular flexibility index (Phi) is 9.23. The molecule has 1 aliphatic rings. The lowest BCUT2D eigenvalue weighted by atomic mass is 10.2. The molecule has 1 amide bonds. The van der Waals surface area contributed by atoms with Crippen LogP contribution in [0.2, 0.25) is 5.02 Å². The number of carbonyl (C=O) groups excluding carboxylic acids is 1. The summed E-state index contributed by atoms with van der Waals surface area (Å²) in [6, 6.07) is 0. The summed E-state index contributed by atoms with van der Waals surface area (Å²) in [6.07, 6.45) is -2.02. The Balaban J connectivity index is 1.45. The highest BCUT2D eigenvalue weighted by atomic mass is 35.5. The zero-order chi connectivity index (χ0) is 25.4. The molecule has 1 N–H and O–H groups in total. The summed E-state index contributed by atoms with van der Waals surface area (Å²) in [7, 11) is 1.34. The summed E-state index contributed by atoms with van der Waals surface area (Å²) >= 11 is 5.80. The Bertz CT molecular complexity index is 1030. The molecule has 15 heteroatoms. The third-order valence-corrected chi connectivity index (χ3v) is 5.23. The van der Waals surface area contributed by atoms with Gasteiger partial charge in [-0.1, -0.05) is 11.6 Å². The van der Waals surface area contributed by atoms with Gasteiger partial charge >= 0.3 is 6.18 Å². The minimum atomic E-state index is -4.93. The van der Waals surface area contributed by atoms with E-state index in [1.165, 1.54) is 19.5 Å². The second-order valence-electron chi connectivity index (χ2n) is 7.53. The van der Waals surface area contributed by atoms with Crippen molar-refractivity contribution < 1.29 is 32.2 Å². The number of rotatable bonds is 10. The van der Waals surface area contributed by atoms with E-state index >= 15 is 0 Å². The van der Waals surface area contributed by atoms with Crippen LogP contribution in [0, 0.1) is 0 Å². The van der Waals surface area contributed by atoms with Gasteiger partial charge in [-0.3, -0.25) is 9.59 Å². The standard InChI is InChI=1S/C20H24ClF3N6O5/c1-33-11-14(35-15-10-27-28-18(32)17(15)20(22,23)24)12-34-7-2-16(31)29-3-5-30(6-4-29)19-25-8-13(21)9-26-19/h8-10,14H,2-7,11-12H2,1H3,(H,28,32)/t14-/m1/s1. The number of aromatic nitrogens is 4. The van der Waals surface area contributed by atoms with Crippen LogP contribution >= 0.6 is 11.6 Å². The minimum absolute atomic E-state index is 0.0304. The molecule has 3 rings (SSSR count). The molecule has 0 radical (unpaired) electrons. The lowest BCUT2D eigenvalue weighted by molar-refractivity contribution is -0.141. The number of H-pyrrole nitrogens is 1. The number of nitrogens with one attached hydrogen (secondary N) is 1. The molecule has 3 heterocycles. The maximum Gasteiger partial charge on any atom is 0.425 e. The van der Waals surface area contributed by atoms with Crippen LogP contribution in [0.3, 0.4) is 0 Å². The molecule has 35 heavy (non-hydrogen) atoms. The lowest BCUT2D eigenvalue weighted by Gasteiger charge is -2.34. The van der Waals surface area contributed by atoms with Crippen molar-refractivity contribution in [3.8, 4) is 5.75 Å². The second-order valence-corrected chi connectivity index (χ2v) is 7.96. The monoisotopic (exact) mass is 520 g/mol. The number of hydrogen-bond acceptors (Lipinski definition) is 9. The fourth-order valence-electron chi connectivity index (χ4n) is 3.38. The first-order valence-corrected chi connectivity index (χ1v) is 10.9. The molecule has 0 aromatic carbocycles. The van der Waals surface area contributed by atoms with Gasteiger partial charge in [-0.05, 0) is 0 Å². The zero-order valence-corrected chi connectivity index (χ0v) is 19.5. The molecule has 0 bridgehead atoms. The summed E-state index contributed by atoms with van der Waals surface area (Å²) in [5.41, 5.74) is -2.91. The van der Waals surface area contributed by atoms with Crippen molar-refractivity contribution in [2.24, 2.45) is 0 Å². The van der Waals surface area contributed by atoms with Gasteiger partial charge in [0.1, 0.15) is 6.10 Å². The first kappa shape index (κ1) is 26.6. The zero-order valence-electron chi connectivity index (χ0n) is 18.8. The number of hydrogen-bond donors (Lipinski definition) is 1. The van der Waals surface area contributed by atoms with E-state index in [4.69, 9.17) is 25.8 Å². The summed E-state index contributed by atoms with van der Waals surface area (Å²) < 4.78 is 55.3. The van der Waals surface area contributed by atoms with Crippen molar-refractivity contribution in [3.63, 3.8) is 0 Å². The molecule has 0 unspecified atom stereocenters. The molecule has 0 spiro atoms. The summed E-state index contributed by atoms with van der Waals surface area (Å²) in [4.78, 5) is 36.1. The number of anilines is 1. The maximum absolute atomic E-state index is 13.2. The average Bonchev–Trinajstić information content (AvgIpc) is 2.81. The van der Waals surface area contributed by atoms with E-state index in [1.54, 1.807) is 10.00 Å². The third kappa shape index (κ3) is 7.50. The van der Waals surface area contributed by atoms with Crippen molar-refractivity contribution in [3.05, 3.63) is 39.5 Å². The van der Waals surface area contributed by atoms with Crippen molar-refractivity contribution in [1.29, 1.82) is 0 Å². The van der Waals surface area contributed by atoms with Crippen molar-refractivity contribution in [1.82, 2.24) is 25.1 Å². The minimum Gasteiger partial charge on any atom is -0.483 e. The van der Waals surface area contributed by atoms with Crippen molar-refractivity contribution in [2.45, 2.75) is 18.7 Å². The van der Waals surface area contributed by atoms with Crippen LogP contribution < -0.4 is 15.2 Å². The molecule has 0 saturated carbocycles. The highest BCUT2D eigenvalue weighted by molar-refractivity contribution is 6.30. The van der Waals surface area contributed by atoms with Gasteiger partial charge in [0.15, 0.2) is 11.3 Å². The van der Waals surface area contributed by atoms with E-state index in [0.29, 0.717) is 37.1 Å². The fraction of sp³-hybridized carbons (Fsp3) is 0.550. The molecule has 2 aromatic rings. The quantitative estimate of drug-likeness (QED) is 0.463. The van der Waals surface area contributed by atoms with Gasteiger partial charge in [-0.25, -0.2) is 15.1 Å². The Hall–Kier alpha value is -2.97. The Morgan fingerprint density at radius 3 is 2.49 bits per heavy atom. The first-order valence-electron chi connectivity index (χ1n) is 10.6. The summed E-state index contributed by atoms with van der Waals surface area (Å²) in [5, 5.41) is 5.54. The number of piperazine rings is 1. The fourth-order valence-corrected chi connectivity index (χ4v) is 3.48. The number of aromatic amines is 1. The van der Waals surface area contributed by atoms with E-state index in [9.17, 15) is 22.8 Å². The molecule has 0 aliphatic carbocycles. The number of nitrogens with zero attached hydrogens (tertiary/aromatic N) is 5. The smallest absolute Gasteiger partial charge is 0.425 e. The van der Waals surface area contributed by atoms with Gasteiger partial charge in [0.05, 0.1) is 49.9 Å². The van der Waals surface area contributed by atoms with Crippen molar-refractivity contribution in [2.75, 3.05) is 58.0 Å². The van der Waals surface area contributed by atoms with Crippen LogP contribution in [-0.4, -0.2) is 90.2 Å². The van der Waals surface area contributed by atoms with E-state index in [-0.39, 0.29) is 32.1 Å². The average molecular weight is 521 g/mol. The second kappa shape index (κ2) is 12.1. The number of alkyl halides is 3. The molecule has 1 saturated heterocycles. The molecular formula is C20H24ClF3N6O5. The van der Waals surface area contributed by atoms with Crippen LogP contribution in [0.15, 0.2) is 23.4 Å². The highest BCUT2D eigenvalue weighted by Gasteiger charge is 2.39. The molecule has 1 aliphatic heterocycles. The molecule has 2 aromatic heterocycles. The van der Waals surface area contributed by atoms with Crippen LogP contribution in [-0.2, 0) is 20.4 Å². The molecule has 11 nitrogen and oxygen atoms in total. The molecule has 1 atom stereocenters. The lowest BCUT2D eigenvalue weighted by Crippen LogP contribution is -2.49. The van der Waals surface area contributed by atoms with Gasteiger partial charge in [0.25, 0.3) is 5.56 Å². The maximum atomic E-state index is 13.2. The highest BCUT2D eigenvalue weighted by Crippen LogP contribution is 2.33. The number of carbonyl (C=O) groups is 1. The summed E-state index contributed by atoms with van der Waals surface area (Å²) in [6.45, 7) is 1.85. The summed E-state index contributed by atoms with van der Waals surface area (Å²) in [5.74, 6) is -0.312. The largest absolute Gasteiger partial charge is 0.483 e. The number of ether oxygens (including phenoxy) is 3. The van der Waals surface area contributed by atoms with Gasteiger partial charge in [0, 0.05) is 33.3 Å². The molecule has 192 valence electrons. The Morgan fingerprint density at radius 2 is 1.86 bits per heavy atom. The Morgan fingerprint density at radius 1 is 1.17 bits per heavy atom. The van der Waals surface area contributed by atoms with Gasteiger partial charge in [-0.2, -0.15) is 18.3 Å². The van der Waals surface area contributed by atoms with E-state index in [2.05, 4.69) is 15.1 Å². The van der Waals surface area contributed by atoms with Gasteiger partial charge in [-0.15, -0.1) is 0 Å². The predicted molar refractivity (Wildman–Crippen MR) is 117 cm³/mol. The Labute approximate surface area is 203 Å². The molecular weight excluding hydrogens is 497 g/mol. The van der Waals surface area contributed by atoms with E-state index in [0.717, 1.165) is 6.20 Å². The van der Waals surface area contributed by atoms with E-state index in [1.807, 2.05) is 4.90 Å². The number of methoxy groups -OCH3 is 1. The molecule has 1 fully saturated rings. The van der Waals surface area contributed by atoms with Gasteiger partial charge < -0.3 is 24.0 Å². The first-order chi connectivity index (χ1) is 16.7. The van der Waals surface area contributed by atoms with Crippen LogP contribution in [0.25, 0.3) is 0 Å². The van der Waals surface area contributed by atoms with Crippen LogP contribution in [0.5, 0.6) is 5.75 Å². The number of amides is 1. The third-order valence-electron chi connectivity index (χ3n) is 5.04. The van der Waals surface area contributed by atoms with Gasteiger partial charge in [0.2, 0.25) is 11.9 Å². The number of halogens is 4. The predicted octanol–water partition coefficient (Wildman–Crippen LogP) is 1.38. The SMILES string of the molecule is COC[C@H](COCCC(=O)N1CCN(c2ncc(Cl)cn2)CC1)Oc1cn[nH]c(=O)c1C(F)(F)F. The van der Waals surface area contributed by atoms with Crippen LogP contribution in [0.1, 0.15) is 12.0 Å². The topological polar surface area (TPSA) is 123 Å². The van der Waals surface area contributed by atoms with Crippen LogP contribution in [0.4, 0.5) is 19.1 Å². The van der Waals surface area contributed by atoms with E-state index < -0.39 is 29.2 Å². The van der Waals surface area contributed by atoms with Crippen molar-refractivity contribution >= 4 is 23.5 Å².